The first-order valence-electron chi connectivity index (χ1n) is 8.22. The van der Waals surface area contributed by atoms with Gasteiger partial charge in [-0.25, -0.2) is 0 Å². The molecule has 0 unspecified atom stereocenters. The van der Waals surface area contributed by atoms with Crippen LogP contribution in [0.2, 0.25) is 0 Å². The number of nitrogens with two attached hydrogens (primary N) is 1. The number of hydrogen-bond donors (Lipinski definition) is 1. The highest BCUT2D eigenvalue weighted by atomic mass is 32.1. The van der Waals surface area contributed by atoms with Crippen LogP contribution in [0.25, 0.3) is 0 Å². The maximum atomic E-state index is 12.2. The van der Waals surface area contributed by atoms with E-state index in [1.807, 2.05) is 13.0 Å². The topological polar surface area (TPSA) is 107 Å². The van der Waals surface area contributed by atoms with E-state index < -0.39 is 30.4 Å². The van der Waals surface area contributed by atoms with Gasteiger partial charge in [0.15, 0.2) is 12.4 Å². The van der Waals surface area contributed by atoms with Gasteiger partial charge in [-0.3, -0.25) is 19.2 Å². The van der Waals surface area contributed by atoms with Crippen molar-refractivity contribution in [3.63, 3.8) is 0 Å². The normalized spacial score (nSPS) is 17.2. The molecule has 1 atom stereocenters. The van der Waals surface area contributed by atoms with Crippen LogP contribution in [0, 0.1) is 6.92 Å². The van der Waals surface area contributed by atoms with Crippen LogP contribution in [-0.4, -0.2) is 47.7 Å². The van der Waals surface area contributed by atoms with Crippen molar-refractivity contribution in [2.75, 3.05) is 13.2 Å². The standard InChI is InChI=1S/C17H22N2O5S/c1-11-5-7-14(25-11)13(20)6-8-16(22)24-10-15(21)19-9-3-2-4-12(19)17(18)23/h5,7,12H,2-4,6,8-10H2,1H3,(H2,18,23)/t12-/m0/s1. The lowest BCUT2D eigenvalue weighted by atomic mass is 10.0. The molecule has 0 aromatic carbocycles. The quantitative estimate of drug-likeness (QED) is 0.580. The molecule has 2 rings (SSSR count). The average Bonchev–Trinajstić information content (AvgIpc) is 3.04. The van der Waals surface area contributed by atoms with Crippen molar-refractivity contribution < 1.29 is 23.9 Å². The van der Waals surface area contributed by atoms with Crippen LogP contribution in [0.5, 0.6) is 0 Å². The average molecular weight is 366 g/mol. The second-order valence-corrected chi connectivity index (χ2v) is 7.28. The van der Waals surface area contributed by atoms with E-state index in [0.717, 1.165) is 17.7 Å². The number of thiophene rings is 1. The maximum absolute atomic E-state index is 12.2. The number of piperidine rings is 1. The lowest BCUT2D eigenvalue weighted by Gasteiger charge is -2.33. The van der Waals surface area contributed by atoms with E-state index in [2.05, 4.69) is 0 Å². The Labute approximate surface area is 150 Å². The molecule has 25 heavy (non-hydrogen) atoms. The van der Waals surface area contributed by atoms with Crippen molar-refractivity contribution in [3.05, 3.63) is 21.9 Å². The molecule has 1 saturated heterocycles. The summed E-state index contributed by atoms with van der Waals surface area (Å²) in [4.78, 5) is 50.3. The van der Waals surface area contributed by atoms with Gasteiger partial charge in [-0.15, -0.1) is 11.3 Å². The number of likely N-dealkylation sites (tertiary alicyclic amines) is 1. The number of carbonyl (C=O) groups is 4. The summed E-state index contributed by atoms with van der Waals surface area (Å²) in [7, 11) is 0. The molecule has 8 heteroatoms. The van der Waals surface area contributed by atoms with Crippen LogP contribution in [-0.2, 0) is 19.1 Å². The SMILES string of the molecule is Cc1ccc(C(=O)CCC(=O)OCC(=O)N2CCCC[C@H]2C(N)=O)s1. The van der Waals surface area contributed by atoms with Gasteiger partial charge in [0.2, 0.25) is 5.91 Å². The third-order valence-corrected chi connectivity index (χ3v) is 5.12. The molecule has 1 aromatic rings. The number of amides is 2. The summed E-state index contributed by atoms with van der Waals surface area (Å²) >= 11 is 1.38. The first kappa shape index (κ1) is 19.1. The Hall–Kier alpha value is -2.22. The Kier molecular flexibility index (Phi) is 6.69. The highest BCUT2D eigenvalue weighted by molar-refractivity contribution is 7.14. The zero-order valence-electron chi connectivity index (χ0n) is 14.2. The number of Topliss-reactive ketones (excluding diaryl/α,β-unsaturated/α-hetero) is 1. The van der Waals surface area contributed by atoms with E-state index >= 15 is 0 Å². The number of esters is 1. The Morgan fingerprint density at radius 2 is 2.00 bits per heavy atom. The molecule has 0 aliphatic carbocycles. The highest BCUT2D eigenvalue weighted by Crippen LogP contribution is 2.18. The predicted octanol–water partition coefficient (Wildman–Crippen LogP) is 1.43. The molecule has 1 fully saturated rings. The zero-order chi connectivity index (χ0) is 18.4. The van der Waals surface area contributed by atoms with Crippen molar-refractivity contribution in [2.45, 2.75) is 45.1 Å². The molecule has 136 valence electrons. The van der Waals surface area contributed by atoms with Crippen molar-refractivity contribution in [1.29, 1.82) is 0 Å². The fourth-order valence-corrected chi connectivity index (χ4v) is 3.58. The number of ketones is 1. The smallest absolute Gasteiger partial charge is 0.306 e. The number of ether oxygens (including phenoxy) is 1. The van der Waals surface area contributed by atoms with Crippen molar-refractivity contribution in [1.82, 2.24) is 4.90 Å². The predicted molar refractivity (Wildman–Crippen MR) is 92.1 cm³/mol. The van der Waals surface area contributed by atoms with E-state index in [1.165, 1.54) is 16.2 Å². The van der Waals surface area contributed by atoms with E-state index in [1.54, 1.807) is 6.07 Å². The van der Waals surface area contributed by atoms with Gasteiger partial charge < -0.3 is 15.4 Å². The molecule has 2 heterocycles. The summed E-state index contributed by atoms with van der Waals surface area (Å²) in [6.07, 6.45) is 2.12. The van der Waals surface area contributed by atoms with Gasteiger partial charge in [-0.1, -0.05) is 0 Å². The molecule has 0 radical (unpaired) electrons. The van der Waals surface area contributed by atoms with Crippen LogP contribution >= 0.6 is 11.3 Å². The molecular formula is C17H22N2O5S. The van der Waals surface area contributed by atoms with E-state index in [9.17, 15) is 19.2 Å². The Balaban J connectivity index is 1.76. The lowest BCUT2D eigenvalue weighted by molar-refractivity contribution is -0.154. The lowest BCUT2D eigenvalue weighted by Crippen LogP contribution is -2.51. The molecule has 2 N–H and O–H groups in total. The molecule has 1 aromatic heterocycles. The second-order valence-electron chi connectivity index (χ2n) is 6.00. The first-order chi connectivity index (χ1) is 11.9. The molecule has 0 bridgehead atoms. The molecule has 7 nitrogen and oxygen atoms in total. The molecule has 1 aliphatic heterocycles. The molecule has 1 aliphatic rings. The minimum atomic E-state index is -0.636. The molecule has 0 spiro atoms. The zero-order valence-corrected chi connectivity index (χ0v) is 15.0. The number of nitrogens with zero attached hydrogens (tertiary/aromatic N) is 1. The summed E-state index contributed by atoms with van der Waals surface area (Å²) < 4.78 is 4.95. The van der Waals surface area contributed by atoms with Crippen LogP contribution in [0.4, 0.5) is 0 Å². The van der Waals surface area contributed by atoms with Gasteiger partial charge in [0.1, 0.15) is 6.04 Å². The van der Waals surface area contributed by atoms with Gasteiger partial charge in [-0.2, -0.15) is 0 Å². The van der Waals surface area contributed by atoms with Gasteiger partial charge in [0.25, 0.3) is 5.91 Å². The van der Waals surface area contributed by atoms with Gasteiger partial charge in [0, 0.05) is 17.8 Å². The minimum Gasteiger partial charge on any atom is -0.456 e. The Morgan fingerprint density at radius 3 is 2.64 bits per heavy atom. The third-order valence-electron chi connectivity index (χ3n) is 4.08. The molecular weight excluding hydrogens is 344 g/mol. The van der Waals surface area contributed by atoms with E-state index in [-0.39, 0.29) is 18.6 Å². The Morgan fingerprint density at radius 1 is 1.24 bits per heavy atom. The minimum absolute atomic E-state index is 0.0423. The first-order valence-corrected chi connectivity index (χ1v) is 9.04. The number of aryl methyl sites for hydroxylation is 1. The van der Waals surface area contributed by atoms with E-state index in [4.69, 9.17) is 10.5 Å². The fourth-order valence-electron chi connectivity index (χ4n) is 2.75. The van der Waals surface area contributed by atoms with Gasteiger partial charge >= 0.3 is 5.97 Å². The van der Waals surface area contributed by atoms with Crippen LogP contribution in [0.1, 0.15) is 46.7 Å². The van der Waals surface area contributed by atoms with Gasteiger partial charge in [-0.05, 0) is 38.3 Å². The van der Waals surface area contributed by atoms with Crippen LogP contribution < -0.4 is 5.73 Å². The molecule has 0 saturated carbocycles. The number of hydrogen-bond acceptors (Lipinski definition) is 6. The van der Waals surface area contributed by atoms with Crippen LogP contribution in [0.3, 0.4) is 0 Å². The highest BCUT2D eigenvalue weighted by Gasteiger charge is 2.30. The van der Waals surface area contributed by atoms with Crippen molar-refractivity contribution in [2.24, 2.45) is 5.73 Å². The monoisotopic (exact) mass is 366 g/mol. The number of primary amides is 1. The summed E-state index contributed by atoms with van der Waals surface area (Å²) in [5.41, 5.74) is 5.31. The fraction of sp³-hybridized carbons (Fsp3) is 0.529. The summed E-state index contributed by atoms with van der Waals surface area (Å²) in [6, 6.07) is 2.95. The summed E-state index contributed by atoms with van der Waals surface area (Å²) in [5.74, 6) is -1.71. The molecule has 2 amide bonds. The van der Waals surface area contributed by atoms with E-state index in [0.29, 0.717) is 17.8 Å². The Bertz CT molecular complexity index is 670. The number of carbonyl (C=O) groups excluding carboxylic acids is 4. The summed E-state index contributed by atoms with van der Waals surface area (Å²) in [5, 5.41) is 0. The largest absolute Gasteiger partial charge is 0.456 e. The van der Waals surface area contributed by atoms with Crippen LogP contribution in [0.15, 0.2) is 12.1 Å². The number of rotatable bonds is 7. The third kappa shape index (κ3) is 5.38. The summed E-state index contributed by atoms with van der Waals surface area (Å²) in [6.45, 7) is 1.90. The second kappa shape index (κ2) is 8.75. The van der Waals surface area contributed by atoms with Crippen molar-refractivity contribution in [3.8, 4) is 0 Å². The van der Waals surface area contributed by atoms with Crippen molar-refractivity contribution >= 4 is 34.9 Å². The van der Waals surface area contributed by atoms with Gasteiger partial charge in [0.05, 0.1) is 11.3 Å². The maximum Gasteiger partial charge on any atom is 0.306 e.